The number of amides is 2. The predicted molar refractivity (Wildman–Crippen MR) is 124 cm³/mol. The number of carboxylic acids is 1. The number of aromatic nitrogens is 1. The van der Waals surface area contributed by atoms with Gasteiger partial charge in [0.2, 0.25) is 5.91 Å². The summed E-state index contributed by atoms with van der Waals surface area (Å²) in [5.41, 5.74) is 4.57. The lowest BCUT2D eigenvalue weighted by Gasteiger charge is -2.14. The van der Waals surface area contributed by atoms with Crippen molar-refractivity contribution >= 4 is 29.3 Å². The highest BCUT2D eigenvalue weighted by Crippen LogP contribution is 2.44. The molecule has 1 aromatic heterocycles. The number of alkyl carbamates (subject to hydrolysis) is 1. The van der Waals surface area contributed by atoms with E-state index in [1.165, 1.54) is 11.3 Å². The number of nitrogens with zero attached hydrogens (tertiary/aromatic N) is 1. The molecule has 0 radical (unpaired) electrons. The summed E-state index contributed by atoms with van der Waals surface area (Å²) in [6, 6.07) is 16.1. The normalized spacial score (nSPS) is 12.0. The number of ether oxygens (including phenoxy) is 1. The molecule has 9 heteroatoms. The third-order valence-electron chi connectivity index (χ3n) is 5.44. The number of nitrogens with one attached hydrogen (secondary N) is 2. The summed E-state index contributed by atoms with van der Waals surface area (Å²) in [5.74, 6) is -1.48. The fourth-order valence-electron chi connectivity index (χ4n) is 3.93. The molecule has 1 aliphatic carbocycles. The van der Waals surface area contributed by atoms with Crippen LogP contribution in [0.2, 0.25) is 0 Å². The van der Waals surface area contributed by atoms with Gasteiger partial charge in [-0.2, -0.15) is 0 Å². The molecular weight excluding hydrogens is 442 g/mol. The van der Waals surface area contributed by atoms with Crippen molar-refractivity contribution < 1.29 is 24.2 Å². The molecule has 1 aliphatic rings. The minimum Gasteiger partial charge on any atom is -0.476 e. The van der Waals surface area contributed by atoms with Gasteiger partial charge in [0.25, 0.3) is 0 Å². The molecule has 2 aromatic carbocycles. The van der Waals surface area contributed by atoms with Crippen LogP contribution < -0.4 is 10.6 Å². The lowest BCUT2D eigenvalue weighted by molar-refractivity contribution is -0.120. The first-order chi connectivity index (χ1) is 15.9. The van der Waals surface area contributed by atoms with Crippen LogP contribution in [0.25, 0.3) is 11.1 Å². The van der Waals surface area contributed by atoms with E-state index in [-0.39, 0.29) is 37.2 Å². The molecule has 3 aromatic rings. The molecule has 0 unspecified atom stereocenters. The zero-order valence-electron chi connectivity index (χ0n) is 18.0. The molecule has 0 spiro atoms. The Morgan fingerprint density at radius 2 is 1.67 bits per heavy atom. The molecule has 0 saturated heterocycles. The standard InChI is InChI=1S/C24H23N3O5S/c1-14-22(23(29)30)27-21(33-14)10-11-25-20(28)12-26-24(31)32-13-19-17-8-4-2-6-15(17)16-7-3-5-9-18(16)19/h2-9,19H,10-13H2,1H3,(H,25,28)(H,26,31)(H,29,30). The highest BCUT2D eigenvalue weighted by Gasteiger charge is 2.29. The lowest BCUT2D eigenvalue weighted by Crippen LogP contribution is -2.38. The number of rotatable bonds is 8. The third kappa shape index (κ3) is 5.04. The highest BCUT2D eigenvalue weighted by molar-refractivity contribution is 7.11. The molecule has 0 atom stereocenters. The van der Waals surface area contributed by atoms with Crippen LogP contribution in [0.4, 0.5) is 4.79 Å². The SMILES string of the molecule is Cc1sc(CCNC(=O)CNC(=O)OCC2c3ccccc3-c3ccccc32)nc1C(=O)O. The van der Waals surface area contributed by atoms with Gasteiger partial charge in [-0.15, -0.1) is 11.3 Å². The van der Waals surface area contributed by atoms with Crippen LogP contribution in [-0.2, 0) is 16.0 Å². The van der Waals surface area contributed by atoms with E-state index >= 15 is 0 Å². The van der Waals surface area contributed by atoms with Crippen molar-refractivity contribution in [3.63, 3.8) is 0 Å². The Morgan fingerprint density at radius 1 is 1.03 bits per heavy atom. The van der Waals surface area contributed by atoms with E-state index in [4.69, 9.17) is 9.84 Å². The topological polar surface area (TPSA) is 118 Å². The molecule has 4 rings (SSSR count). The molecule has 2 amide bonds. The van der Waals surface area contributed by atoms with Crippen LogP contribution in [0.5, 0.6) is 0 Å². The minimum atomic E-state index is -1.06. The summed E-state index contributed by atoms with van der Waals surface area (Å²) in [4.78, 5) is 39.9. The van der Waals surface area contributed by atoms with Gasteiger partial charge in [0, 0.05) is 23.8 Å². The Labute approximate surface area is 194 Å². The molecule has 0 saturated carbocycles. The molecule has 0 fully saturated rings. The molecule has 1 heterocycles. The number of carbonyl (C=O) groups excluding carboxylic acids is 2. The molecule has 0 bridgehead atoms. The van der Waals surface area contributed by atoms with E-state index < -0.39 is 12.1 Å². The van der Waals surface area contributed by atoms with Crippen molar-refractivity contribution in [3.8, 4) is 11.1 Å². The van der Waals surface area contributed by atoms with Gasteiger partial charge in [0.05, 0.1) is 11.6 Å². The van der Waals surface area contributed by atoms with Gasteiger partial charge in [-0.3, -0.25) is 4.79 Å². The Morgan fingerprint density at radius 3 is 2.27 bits per heavy atom. The number of carboxylic acid groups (broad SMARTS) is 1. The fraction of sp³-hybridized carbons (Fsp3) is 0.250. The van der Waals surface area contributed by atoms with Crippen molar-refractivity contribution in [2.75, 3.05) is 19.7 Å². The number of carbonyl (C=O) groups is 3. The summed E-state index contributed by atoms with van der Waals surface area (Å²) in [6.07, 6.45) is -0.246. The van der Waals surface area contributed by atoms with Crippen molar-refractivity contribution in [2.45, 2.75) is 19.3 Å². The predicted octanol–water partition coefficient (Wildman–Crippen LogP) is 3.35. The van der Waals surface area contributed by atoms with Crippen LogP contribution in [0, 0.1) is 6.92 Å². The van der Waals surface area contributed by atoms with Gasteiger partial charge in [0.15, 0.2) is 5.69 Å². The second-order valence-corrected chi connectivity index (χ2v) is 8.88. The second-order valence-electron chi connectivity index (χ2n) is 7.60. The number of aryl methyl sites for hydroxylation is 1. The summed E-state index contributed by atoms with van der Waals surface area (Å²) in [7, 11) is 0. The Bertz CT molecular complexity index is 1160. The first-order valence-electron chi connectivity index (χ1n) is 10.5. The number of benzene rings is 2. The zero-order valence-corrected chi connectivity index (χ0v) is 18.8. The van der Waals surface area contributed by atoms with Gasteiger partial charge in [-0.25, -0.2) is 14.6 Å². The monoisotopic (exact) mass is 465 g/mol. The average molecular weight is 466 g/mol. The molecular formula is C24H23N3O5S. The van der Waals surface area contributed by atoms with Crippen molar-refractivity contribution in [3.05, 3.63) is 75.2 Å². The van der Waals surface area contributed by atoms with Crippen LogP contribution in [0.1, 0.15) is 37.4 Å². The van der Waals surface area contributed by atoms with Crippen LogP contribution in [0.3, 0.4) is 0 Å². The van der Waals surface area contributed by atoms with Crippen molar-refractivity contribution in [2.24, 2.45) is 0 Å². The summed E-state index contributed by atoms with van der Waals surface area (Å²) < 4.78 is 5.41. The molecule has 0 aliphatic heterocycles. The molecule has 3 N–H and O–H groups in total. The Hall–Kier alpha value is -3.72. The second kappa shape index (κ2) is 9.83. The zero-order chi connectivity index (χ0) is 23.4. The number of hydrogen-bond donors (Lipinski definition) is 3. The van der Waals surface area contributed by atoms with E-state index in [1.807, 2.05) is 36.4 Å². The average Bonchev–Trinajstić information content (AvgIpc) is 3.34. The maximum absolute atomic E-state index is 12.2. The number of aromatic carboxylic acids is 1. The van der Waals surface area contributed by atoms with Gasteiger partial charge in [-0.1, -0.05) is 48.5 Å². The first-order valence-corrected chi connectivity index (χ1v) is 11.3. The summed E-state index contributed by atoms with van der Waals surface area (Å²) in [6.45, 7) is 1.95. The minimum absolute atomic E-state index is 0.0400. The van der Waals surface area contributed by atoms with E-state index in [0.29, 0.717) is 16.3 Å². The maximum Gasteiger partial charge on any atom is 0.407 e. The quantitative estimate of drug-likeness (QED) is 0.470. The maximum atomic E-state index is 12.2. The summed E-state index contributed by atoms with van der Waals surface area (Å²) in [5, 5.41) is 14.8. The van der Waals surface area contributed by atoms with Crippen molar-refractivity contribution in [1.29, 1.82) is 0 Å². The Kier molecular flexibility index (Phi) is 6.69. The third-order valence-corrected chi connectivity index (χ3v) is 6.47. The van der Waals surface area contributed by atoms with Crippen LogP contribution in [-0.4, -0.2) is 47.8 Å². The number of hydrogen-bond acceptors (Lipinski definition) is 6. The molecule has 8 nitrogen and oxygen atoms in total. The van der Waals surface area contributed by atoms with Crippen LogP contribution >= 0.6 is 11.3 Å². The summed E-state index contributed by atoms with van der Waals surface area (Å²) >= 11 is 1.29. The van der Waals surface area contributed by atoms with E-state index in [1.54, 1.807) is 6.92 Å². The van der Waals surface area contributed by atoms with E-state index in [0.717, 1.165) is 22.3 Å². The van der Waals surface area contributed by atoms with E-state index in [9.17, 15) is 14.4 Å². The van der Waals surface area contributed by atoms with Crippen LogP contribution in [0.15, 0.2) is 48.5 Å². The highest BCUT2D eigenvalue weighted by atomic mass is 32.1. The largest absolute Gasteiger partial charge is 0.476 e. The fourth-order valence-corrected chi connectivity index (χ4v) is 4.85. The van der Waals surface area contributed by atoms with Crippen molar-refractivity contribution in [1.82, 2.24) is 15.6 Å². The molecule has 33 heavy (non-hydrogen) atoms. The molecule has 170 valence electrons. The van der Waals surface area contributed by atoms with E-state index in [2.05, 4.69) is 27.8 Å². The number of fused-ring (bicyclic) bond motifs is 3. The van der Waals surface area contributed by atoms with Gasteiger partial charge in [0.1, 0.15) is 6.61 Å². The Balaban J connectivity index is 1.22. The van der Waals surface area contributed by atoms with Gasteiger partial charge in [-0.05, 0) is 29.2 Å². The lowest BCUT2D eigenvalue weighted by atomic mass is 9.98. The van der Waals surface area contributed by atoms with Gasteiger partial charge < -0.3 is 20.5 Å². The smallest absolute Gasteiger partial charge is 0.407 e. The van der Waals surface area contributed by atoms with Gasteiger partial charge >= 0.3 is 12.1 Å². The number of thiazole rings is 1. The first kappa shape index (κ1) is 22.5.